The van der Waals surface area contributed by atoms with Crippen LogP contribution < -0.4 is 0 Å². The molecule has 0 atom stereocenters. The summed E-state index contributed by atoms with van der Waals surface area (Å²) in [5.74, 6) is 0.580. The van der Waals surface area contributed by atoms with Gasteiger partial charge in [-0.25, -0.2) is 0 Å². The van der Waals surface area contributed by atoms with Crippen LogP contribution in [0.4, 0.5) is 0 Å². The Morgan fingerprint density at radius 2 is 2.07 bits per heavy atom. The molecule has 0 aliphatic carbocycles. The zero-order chi connectivity index (χ0) is 10.7. The van der Waals surface area contributed by atoms with Crippen LogP contribution in [0.1, 0.15) is 43.9 Å². The van der Waals surface area contributed by atoms with Crippen molar-refractivity contribution in [1.82, 2.24) is 9.88 Å². The Kier molecular flexibility index (Phi) is 3.37. The van der Waals surface area contributed by atoms with Gasteiger partial charge in [-0.2, -0.15) is 0 Å². The van der Waals surface area contributed by atoms with Gasteiger partial charge >= 0.3 is 0 Å². The molecule has 0 aromatic carbocycles. The smallest absolute Gasteiger partial charge is 0.0578 e. The molecule has 0 unspecified atom stereocenters. The van der Waals surface area contributed by atoms with Crippen molar-refractivity contribution in [2.45, 2.75) is 39.2 Å². The molecule has 0 saturated carbocycles. The summed E-state index contributed by atoms with van der Waals surface area (Å²) in [6, 6.07) is 4.26. The molecule has 0 N–H and O–H groups in total. The second-order valence-corrected chi connectivity index (χ2v) is 4.68. The average molecular weight is 204 g/mol. The lowest BCUT2D eigenvalue weighted by Crippen LogP contribution is -2.20. The summed E-state index contributed by atoms with van der Waals surface area (Å²) in [7, 11) is 0. The Morgan fingerprint density at radius 3 is 2.73 bits per heavy atom. The second kappa shape index (κ2) is 4.75. The summed E-state index contributed by atoms with van der Waals surface area (Å²) < 4.78 is 0. The molecule has 82 valence electrons. The summed E-state index contributed by atoms with van der Waals surface area (Å²) in [6.07, 6.45) is 4.62. The third-order valence-electron chi connectivity index (χ3n) is 3.12. The van der Waals surface area contributed by atoms with Crippen LogP contribution in [0.2, 0.25) is 0 Å². The molecule has 2 nitrogen and oxygen atoms in total. The van der Waals surface area contributed by atoms with E-state index in [1.807, 2.05) is 12.3 Å². The van der Waals surface area contributed by atoms with Gasteiger partial charge in [-0.3, -0.25) is 9.88 Å². The molecule has 1 aliphatic heterocycles. The Morgan fingerprint density at radius 1 is 1.33 bits per heavy atom. The van der Waals surface area contributed by atoms with Gasteiger partial charge < -0.3 is 0 Å². The summed E-state index contributed by atoms with van der Waals surface area (Å²) in [5.41, 5.74) is 2.68. The minimum absolute atomic E-state index is 0.580. The molecule has 0 bridgehead atoms. The lowest BCUT2D eigenvalue weighted by Gasteiger charge is -2.17. The molecule has 2 heteroatoms. The summed E-state index contributed by atoms with van der Waals surface area (Å²) in [4.78, 5) is 7.03. The van der Waals surface area contributed by atoms with E-state index in [2.05, 4.69) is 29.8 Å². The van der Waals surface area contributed by atoms with Crippen molar-refractivity contribution < 1.29 is 0 Å². The first-order valence-corrected chi connectivity index (χ1v) is 5.93. The fourth-order valence-corrected chi connectivity index (χ4v) is 2.26. The Bertz CT molecular complexity index is 314. The van der Waals surface area contributed by atoms with E-state index in [9.17, 15) is 0 Å². The zero-order valence-corrected chi connectivity index (χ0v) is 9.74. The molecule has 1 aromatic heterocycles. The quantitative estimate of drug-likeness (QED) is 0.752. The third kappa shape index (κ3) is 2.57. The Hall–Kier alpha value is -0.890. The van der Waals surface area contributed by atoms with Crippen LogP contribution in [0.5, 0.6) is 0 Å². The number of hydrogen-bond acceptors (Lipinski definition) is 2. The first kappa shape index (κ1) is 10.6. The molecule has 0 spiro atoms. The van der Waals surface area contributed by atoms with E-state index in [1.165, 1.54) is 37.2 Å². The number of pyridine rings is 1. The van der Waals surface area contributed by atoms with Gasteiger partial charge in [-0.15, -0.1) is 0 Å². The highest BCUT2D eigenvalue weighted by Crippen LogP contribution is 2.20. The molecule has 15 heavy (non-hydrogen) atoms. The minimum atomic E-state index is 0.580. The van der Waals surface area contributed by atoms with Gasteiger partial charge in [0, 0.05) is 12.7 Å². The van der Waals surface area contributed by atoms with Crippen LogP contribution in [0.15, 0.2) is 18.3 Å². The molecule has 1 fully saturated rings. The van der Waals surface area contributed by atoms with E-state index in [1.54, 1.807) is 0 Å². The monoisotopic (exact) mass is 204 g/mol. The highest BCUT2D eigenvalue weighted by Gasteiger charge is 2.15. The van der Waals surface area contributed by atoms with Gasteiger partial charge in [0.1, 0.15) is 0 Å². The van der Waals surface area contributed by atoms with E-state index >= 15 is 0 Å². The summed E-state index contributed by atoms with van der Waals surface area (Å²) in [6.45, 7) is 8.01. The predicted octanol–water partition coefficient (Wildman–Crippen LogP) is 2.80. The third-order valence-corrected chi connectivity index (χ3v) is 3.12. The number of aromatic nitrogens is 1. The molecule has 0 amide bonds. The standard InChI is InChI=1S/C13H20N2/c1-11(2)12-6-5-7-14-13(12)10-15-8-3-4-9-15/h5-7,11H,3-4,8-10H2,1-2H3. The molecule has 0 radical (unpaired) electrons. The average Bonchev–Trinajstić information content (AvgIpc) is 2.71. The van der Waals surface area contributed by atoms with Crippen LogP contribution in [-0.4, -0.2) is 23.0 Å². The van der Waals surface area contributed by atoms with Crippen molar-refractivity contribution in [2.24, 2.45) is 0 Å². The number of likely N-dealkylation sites (tertiary alicyclic amines) is 1. The lowest BCUT2D eigenvalue weighted by atomic mass is 10.0. The van der Waals surface area contributed by atoms with Gasteiger partial charge in [0.25, 0.3) is 0 Å². The van der Waals surface area contributed by atoms with E-state index in [0.29, 0.717) is 5.92 Å². The fourth-order valence-electron chi connectivity index (χ4n) is 2.26. The van der Waals surface area contributed by atoms with Crippen LogP contribution in [0.25, 0.3) is 0 Å². The minimum Gasteiger partial charge on any atom is -0.298 e. The molecule has 1 saturated heterocycles. The van der Waals surface area contributed by atoms with Crippen molar-refractivity contribution in [3.8, 4) is 0 Å². The SMILES string of the molecule is CC(C)c1cccnc1CN1CCCC1. The van der Waals surface area contributed by atoms with Crippen LogP contribution in [-0.2, 0) is 6.54 Å². The zero-order valence-electron chi connectivity index (χ0n) is 9.74. The number of hydrogen-bond donors (Lipinski definition) is 0. The predicted molar refractivity (Wildman–Crippen MR) is 62.8 cm³/mol. The highest BCUT2D eigenvalue weighted by atomic mass is 15.1. The summed E-state index contributed by atoms with van der Waals surface area (Å²) in [5, 5.41) is 0. The van der Waals surface area contributed by atoms with Gasteiger partial charge in [-0.1, -0.05) is 19.9 Å². The van der Waals surface area contributed by atoms with Crippen molar-refractivity contribution >= 4 is 0 Å². The van der Waals surface area contributed by atoms with Crippen molar-refractivity contribution in [3.63, 3.8) is 0 Å². The van der Waals surface area contributed by atoms with Gasteiger partial charge in [-0.05, 0) is 43.5 Å². The first-order chi connectivity index (χ1) is 7.27. The normalized spacial score (nSPS) is 17.5. The van der Waals surface area contributed by atoms with E-state index < -0.39 is 0 Å². The van der Waals surface area contributed by atoms with Crippen molar-refractivity contribution in [2.75, 3.05) is 13.1 Å². The van der Waals surface area contributed by atoms with E-state index in [0.717, 1.165) is 6.54 Å². The van der Waals surface area contributed by atoms with Crippen molar-refractivity contribution in [3.05, 3.63) is 29.6 Å². The van der Waals surface area contributed by atoms with Crippen LogP contribution in [0, 0.1) is 0 Å². The number of rotatable bonds is 3. The Labute approximate surface area is 92.3 Å². The summed E-state index contributed by atoms with van der Waals surface area (Å²) >= 11 is 0. The maximum atomic E-state index is 4.52. The maximum Gasteiger partial charge on any atom is 0.0578 e. The second-order valence-electron chi connectivity index (χ2n) is 4.68. The Balaban J connectivity index is 2.12. The molecular weight excluding hydrogens is 184 g/mol. The van der Waals surface area contributed by atoms with Gasteiger partial charge in [0.2, 0.25) is 0 Å². The van der Waals surface area contributed by atoms with Crippen molar-refractivity contribution in [1.29, 1.82) is 0 Å². The highest BCUT2D eigenvalue weighted by molar-refractivity contribution is 5.23. The molecule has 1 aliphatic rings. The van der Waals surface area contributed by atoms with Crippen LogP contribution in [0.3, 0.4) is 0 Å². The first-order valence-electron chi connectivity index (χ1n) is 5.93. The lowest BCUT2D eigenvalue weighted by molar-refractivity contribution is 0.325. The van der Waals surface area contributed by atoms with Gasteiger partial charge in [0.05, 0.1) is 5.69 Å². The van der Waals surface area contributed by atoms with Gasteiger partial charge in [0.15, 0.2) is 0 Å². The van der Waals surface area contributed by atoms with Crippen LogP contribution >= 0.6 is 0 Å². The maximum absolute atomic E-state index is 4.52. The molecule has 1 aromatic rings. The number of nitrogens with zero attached hydrogens (tertiary/aromatic N) is 2. The molecule has 2 rings (SSSR count). The molecule has 2 heterocycles. The largest absolute Gasteiger partial charge is 0.298 e. The van der Waals surface area contributed by atoms with E-state index in [4.69, 9.17) is 0 Å². The topological polar surface area (TPSA) is 16.1 Å². The molecular formula is C13H20N2. The fraction of sp³-hybridized carbons (Fsp3) is 0.615. The van der Waals surface area contributed by atoms with E-state index in [-0.39, 0.29) is 0 Å².